The molecule has 0 fully saturated rings. The number of hydrogen-bond acceptors (Lipinski definition) is 3. The quantitative estimate of drug-likeness (QED) is 0.255. The lowest BCUT2D eigenvalue weighted by Crippen LogP contribution is -2.00. The van der Waals surface area contributed by atoms with Gasteiger partial charge in [0.05, 0.1) is 28.1 Å². The molecule has 1 N–H and O–H groups in total. The topological polar surface area (TPSA) is 54.6 Å². The van der Waals surface area contributed by atoms with Gasteiger partial charge in [-0.1, -0.05) is 42.5 Å². The minimum atomic E-state index is 0.769. The first kappa shape index (κ1) is 19.6. The molecule has 0 aliphatic carbocycles. The smallest absolute Gasteiger partial charge is 0.0731 e. The van der Waals surface area contributed by atoms with E-state index in [1.807, 2.05) is 12.1 Å². The van der Waals surface area contributed by atoms with Crippen molar-refractivity contribution in [3.05, 3.63) is 109 Å². The van der Waals surface area contributed by atoms with Crippen molar-refractivity contribution in [3.8, 4) is 16.9 Å². The molecule has 0 amide bonds. The van der Waals surface area contributed by atoms with Crippen molar-refractivity contribution >= 4 is 33.6 Å². The standard InChI is InChI=1S/C28H22N4/c1-3-20(10-13-29)25-17-22(18-26(31-25)21-11-14-30-15-12-21)32-27-7-5-4-6-23(27)24-16-19(2)8-9-28(24)32/h3-18,29H,1H2,2H3/b20-10+,29-13?. The number of aryl methyl sites for hydroxylation is 1. The molecule has 5 aromatic rings. The second-order valence-corrected chi connectivity index (χ2v) is 7.70. The van der Waals surface area contributed by atoms with Crippen LogP contribution in [0.3, 0.4) is 0 Å². The minimum Gasteiger partial charge on any atom is -0.309 e. The lowest BCUT2D eigenvalue weighted by molar-refractivity contribution is 1.14. The number of benzene rings is 2. The van der Waals surface area contributed by atoms with Gasteiger partial charge in [0.25, 0.3) is 0 Å². The second-order valence-electron chi connectivity index (χ2n) is 7.70. The Labute approximate surface area is 186 Å². The monoisotopic (exact) mass is 414 g/mol. The molecule has 2 aromatic carbocycles. The van der Waals surface area contributed by atoms with Gasteiger partial charge in [0, 0.05) is 40.5 Å². The largest absolute Gasteiger partial charge is 0.309 e. The van der Waals surface area contributed by atoms with Crippen LogP contribution < -0.4 is 0 Å². The van der Waals surface area contributed by atoms with Crippen molar-refractivity contribution in [3.63, 3.8) is 0 Å². The van der Waals surface area contributed by atoms with Crippen molar-refractivity contribution in [2.75, 3.05) is 0 Å². The molecule has 32 heavy (non-hydrogen) atoms. The zero-order chi connectivity index (χ0) is 22.1. The lowest BCUT2D eigenvalue weighted by atomic mass is 10.1. The van der Waals surface area contributed by atoms with Gasteiger partial charge in [-0.15, -0.1) is 0 Å². The third-order valence-corrected chi connectivity index (χ3v) is 5.65. The van der Waals surface area contributed by atoms with Crippen LogP contribution >= 0.6 is 0 Å². The summed E-state index contributed by atoms with van der Waals surface area (Å²) in [7, 11) is 0. The maximum atomic E-state index is 7.54. The van der Waals surface area contributed by atoms with Gasteiger partial charge >= 0.3 is 0 Å². The van der Waals surface area contributed by atoms with E-state index in [1.165, 1.54) is 22.6 Å². The lowest BCUT2D eigenvalue weighted by Gasteiger charge is -2.13. The Morgan fingerprint density at radius 3 is 2.50 bits per heavy atom. The molecule has 4 nitrogen and oxygen atoms in total. The van der Waals surface area contributed by atoms with E-state index in [1.54, 1.807) is 24.5 Å². The predicted octanol–water partition coefficient (Wildman–Crippen LogP) is 6.77. The molecular formula is C28H22N4. The van der Waals surface area contributed by atoms with Gasteiger partial charge < -0.3 is 9.98 Å². The number of pyridine rings is 2. The van der Waals surface area contributed by atoms with E-state index in [0.717, 1.165) is 39.2 Å². The minimum absolute atomic E-state index is 0.769. The SMILES string of the molecule is C=C/C(=C\C=N)c1cc(-n2c3ccccc3c3cc(C)ccc32)cc(-c2ccncc2)n1. The first-order chi connectivity index (χ1) is 15.7. The maximum Gasteiger partial charge on any atom is 0.0731 e. The highest BCUT2D eigenvalue weighted by Gasteiger charge is 2.15. The second kappa shape index (κ2) is 8.08. The highest BCUT2D eigenvalue weighted by molar-refractivity contribution is 6.09. The number of para-hydroxylation sites is 1. The van der Waals surface area contributed by atoms with Crippen LogP contribution in [0, 0.1) is 12.3 Å². The fourth-order valence-electron chi connectivity index (χ4n) is 4.18. The molecule has 154 valence electrons. The van der Waals surface area contributed by atoms with Gasteiger partial charge in [-0.25, -0.2) is 4.98 Å². The molecule has 0 saturated heterocycles. The number of rotatable bonds is 5. The van der Waals surface area contributed by atoms with Crippen LogP contribution in [-0.4, -0.2) is 20.7 Å². The van der Waals surface area contributed by atoms with E-state index in [2.05, 4.69) is 77.7 Å². The molecule has 0 spiro atoms. The van der Waals surface area contributed by atoms with Gasteiger partial charge in [0.2, 0.25) is 0 Å². The molecule has 0 atom stereocenters. The Bertz CT molecular complexity index is 1510. The van der Waals surface area contributed by atoms with E-state index in [4.69, 9.17) is 10.4 Å². The number of allylic oxidation sites excluding steroid dienone is 3. The normalized spacial score (nSPS) is 11.7. The average molecular weight is 415 g/mol. The number of hydrogen-bond donors (Lipinski definition) is 1. The summed E-state index contributed by atoms with van der Waals surface area (Å²) in [5, 5.41) is 9.98. The average Bonchev–Trinajstić information content (AvgIpc) is 3.16. The molecule has 0 aliphatic rings. The van der Waals surface area contributed by atoms with Gasteiger partial charge in [-0.2, -0.15) is 0 Å². The molecule has 4 heteroatoms. The van der Waals surface area contributed by atoms with Crippen LogP contribution in [0.2, 0.25) is 0 Å². The summed E-state index contributed by atoms with van der Waals surface area (Å²) >= 11 is 0. The van der Waals surface area contributed by atoms with E-state index >= 15 is 0 Å². The van der Waals surface area contributed by atoms with Crippen molar-refractivity contribution in [1.82, 2.24) is 14.5 Å². The fraction of sp³-hybridized carbons (Fsp3) is 0.0357. The molecular weight excluding hydrogens is 392 g/mol. The Morgan fingerprint density at radius 2 is 1.72 bits per heavy atom. The van der Waals surface area contributed by atoms with Crippen LogP contribution in [-0.2, 0) is 0 Å². The van der Waals surface area contributed by atoms with Gasteiger partial charge in [-0.05, 0) is 55.5 Å². The zero-order valence-electron chi connectivity index (χ0n) is 17.8. The van der Waals surface area contributed by atoms with Crippen LogP contribution in [0.5, 0.6) is 0 Å². The predicted molar refractivity (Wildman–Crippen MR) is 134 cm³/mol. The Morgan fingerprint density at radius 1 is 0.938 bits per heavy atom. The molecule has 0 radical (unpaired) electrons. The van der Waals surface area contributed by atoms with Crippen molar-refractivity contribution in [2.45, 2.75) is 6.92 Å². The third kappa shape index (κ3) is 3.32. The molecule has 0 unspecified atom stereocenters. The van der Waals surface area contributed by atoms with Crippen molar-refractivity contribution < 1.29 is 0 Å². The van der Waals surface area contributed by atoms with Crippen LogP contribution in [0.15, 0.2) is 97.9 Å². The molecule has 0 bridgehead atoms. The molecule has 5 rings (SSSR count). The van der Waals surface area contributed by atoms with Crippen molar-refractivity contribution in [2.24, 2.45) is 0 Å². The molecule has 0 aliphatic heterocycles. The van der Waals surface area contributed by atoms with Gasteiger partial charge in [0.15, 0.2) is 0 Å². The summed E-state index contributed by atoms with van der Waals surface area (Å²) in [5.74, 6) is 0. The Balaban J connectivity index is 1.87. The number of fused-ring (bicyclic) bond motifs is 3. The Kier molecular flexibility index (Phi) is 4.96. The zero-order valence-corrected chi connectivity index (χ0v) is 17.8. The van der Waals surface area contributed by atoms with E-state index in [9.17, 15) is 0 Å². The van der Waals surface area contributed by atoms with Crippen LogP contribution in [0.25, 0.3) is 44.3 Å². The third-order valence-electron chi connectivity index (χ3n) is 5.65. The van der Waals surface area contributed by atoms with Crippen molar-refractivity contribution in [1.29, 1.82) is 5.41 Å². The summed E-state index contributed by atoms with van der Waals surface area (Å²) in [6.07, 6.45) is 8.26. The summed E-state index contributed by atoms with van der Waals surface area (Å²) in [6, 6.07) is 23.1. The summed E-state index contributed by atoms with van der Waals surface area (Å²) in [5.41, 5.74) is 7.92. The number of nitrogens with one attached hydrogen (secondary N) is 1. The van der Waals surface area contributed by atoms with Gasteiger partial charge in [-0.3, -0.25) is 4.98 Å². The van der Waals surface area contributed by atoms with Crippen LogP contribution in [0.4, 0.5) is 0 Å². The van der Waals surface area contributed by atoms with Crippen LogP contribution in [0.1, 0.15) is 11.3 Å². The van der Waals surface area contributed by atoms with E-state index in [-0.39, 0.29) is 0 Å². The summed E-state index contributed by atoms with van der Waals surface area (Å²) in [6.45, 7) is 6.05. The number of aromatic nitrogens is 3. The molecule has 3 heterocycles. The summed E-state index contributed by atoms with van der Waals surface area (Å²) < 4.78 is 2.28. The van der Waals surface area contributed by atoms with E-state index < -0.39 is 0 Å². The van der Waals surface area contributed by atoms with E-state index in [0.29, 0.717) is 0 Å². The highest BCUT2D eigenvalue weighted by Crippen LogP contribution is 2.34. The summed E-state index contributed by atoms with van der Waals surface area (Å²) in [4.78, 5) is 9.04. The van der Waals surface area contributed by atoms with Gasteiger partial charge in [0.1, 0.15) is 0 Å². The Hall–Kier alpha value is -4.31. The molecule has 0 saturated carbocycles. The highest BCUT2D eigenvalue weighted by atomic mass is 15.0. The first-order valence-corrected chi connectivity index (χ1v) is 10.5. The first-order valence-electron chi connectivity index (χ1n) is 10.5. The molecule has 3 aromatic heterocycles. The number of nitrogens with zero attached hydrogens (tertiary/aromatic N) is 3. The maximum absolute atomic E-state index is 7.54. The fourth-order valence-corrected chi connectivity index (χ4v) is 4.18.